The zero-order valence-corrected chi connectivity index (χ0v) is 18.3. The summed E-state index contributed by atoms with van der Waals surface area (Å²) in [6.45, 7) is 6.86. The Morgan fingerprint density at radius 3 is 2.69 bits per heavy atom. The maximum Gasteiger partial charge on any atom is 0.255 e. The van der Waals surface area contributed by atoms with Crippen LogP contribution in [0.4, 0.5) is 11.4 Å². The lowest BCUT2D eigenvalue weighted by atomic mass is 10.1. The molecule has 0 spiro atoms. The number of imidazole rings is 1. The van der Waals surface area contributed by atoms with Crippen molar-refractivity contribution in [2.75, 3.05) is 29.9 Å². The Morgan fingerprint density at radius 2 is 1.91 bits per heavy atom. The van der Waals surface area contributed by atoms with Crippen molar-refractivity contribution in [3.63, 3.8) is 0 Å². The molecule has 2 heterocycles. The SMILES string of the molecule is CCN(CC)c1ccc(C(=O)Nc2ccc3nc(-c4ccc5c(c4)CCO5)[nH]c3c2)cc1.[HH].[HH]. The van der Waals surface area contributed by atoms with E-state index >= 15 is 0 Å². The lowest BCUT2D eigenvalue weighted by Gasteiger charge is -2.21. The number of nitrogens with zero attached hydrogens (tertiary/aromatic N) is 2. The summed E-state index contributed by atoms with van der Waals surface area (Å²) >= 11 is 0. The average molecular weight is 431 g/mol. The number of H-pyrrole nitrogens is 1. The first kappa shape index (κ1) is 20.1. The first-order chi connectivity index (χ1) is 15.6. The molecule has 4 aromatic rings. The highest BCUT2D eigenvalue weighted by molar-refractivity contribution is 6.05. The van der Waals surface area contributed by atoms with Crippen LogP contribution < -0.4 is 15.0 Å². The lowest BCUT2D eigenvalue weighted by Crippen LogP contribution is -2.21. The largest absolute Gasteiger partial charge is 0.493 e. The van der Waals surface area contributed by atoms with Crippen molar-refractivity contribution < 1.29 is 12.4 Å². The summed E-state index contributed by atoms with van der Waals surface area (Å²) < 4.78 is 5.59. The average Bonchev–Trinajstić information content (AvgIpc) is 3.46. The van der Waals surface area contributed by atoms with Crippen molar-refractivity contribution in [1.29, 1.82) is 0 Å². The minimum atomic E-state index is -0.131. The minimum absolute atomic E-state index is 0. The number of amides is 1. The van der Waals surface area contributed by atoms with Crippen LogP contribution in [0, 0.1) is 0 Å². The molecule has 5 rings (SSSR count). The van der Waals surface area contributed by atoms with Gasteiger partial charge in [-0.2, -0.15) is 0 Å². The molecule has 0 saturated heterocycles. The number of nitrogens with one attached hydrogen (secondary N) is 2. The molecule has 166 valence electrons. The molecule has 32 heavy (non-hydrogen) atoms. The van der Waals surface area contributed by atoms with Gasteiger partial charge >= 0.3 is 0 Å². The summed E-state index contributed by atoms with van der Waals surface area (Å²) in [7, 11) is 0. The van der Waals surface area contributed by atoms with Gasteiger partial charge in [-0.05, 0) is 80.1 Å². The van der Waals surface area contributed by atoms with Crippen LogP contribution in [0.5, 0.6) is 5.75 Å². The molecule has 6 heteroatoms. The minimum Gasteiger partial charge on any atom is -0.493 e. The first-order valence-electron chi connectivity index (χ1n) is 11.1. The van der Waals surface area contributed by atoms with Gasteiger partial charge in [0.1, 0.15) is 11.6 Å². The molecule has 1 aliphatic rings. The van der Waals surface area contributed by atoms with Crippen LogP contribution in [0.2, 0.25) is 0 Å². The Balaban J connectivity index is 0.00000162. The van der Waals surface area contributed by atoms with E-state index in [-0.39, 0.29) is 8.76 Å². The summed E-state index contributed by atoms with van der Waals surface area (Å²) in [5, 5.41) is 2.99. The fraction of sp³-hybridized carbons (Fsp3) is 0.231. The van der Waals surface area contributed by atoms with E-state index < -0.39 is 0 Å². The van der Waals surface area contributed by atoms with Gasteiger partial charge < -0.3 is 19.9 Å². The van der Waals surface area contributed by atoms with Crippen molar-refractivity contribution in [3.05, 3.63) is 71.8 Å². The number of carbonyl (C=O) groups is 1. The van der Waals surface area contributed by atoms with Crippen LogP contribution in [-0.2, 0) is 6.42 Å². The van der Waals surface area contributed by atoms with Crippen LogP contribution >= 0.6 is 0 Å². The molecule has 0 radical (unpaired) electrons. The highest BCUT2D eigenvalue weighted by Crippen LogP contribution is 2.30. The fourth-order valence-corrected chi connectivity index (χ4v) is 4.17. The highest BCUT2D eigenvalue weighted by atomic mass is 16.5. The Morgan fingerprint density at radius 1 is 1.09 bits per heavy atom. The second-order valence-electron chi connectivity index (χ2n) is 7.91. The van der Waals surface area contributed by atoms with Gasteiger partial charge in [0.25, 0.3) is 5.91 Å². The molecule has 2 N–H and O–H groups in total. The molecule has 0 atom stereocenters. The van der Waals surface area contributed by atoms with Gasteiger partial charge in [-0.3, -0.25) is 4.79 Å². The number of hydrogen-bond donors (Lipinski definition) is 2. The van der Waals surface area contributed by atoms with E-state index in [1.165, 1.54) is 5.56 Å². The van der Waals surface area contributed by atoms with Gasteiger partial charge in [0.2, 0.25) is 0 Å². The maximum atomic E-state index is 12.7. The fourth-order valence-electron chi connectivity index (χ4n) is 4.17. The van der Waals surface area contributed by atoms with Crippen molar-refractivity contribution in [2.24, 2.45) is 0 Å². The standard InChI is InChI=1S/C26H26N4O2.2H2/c1-3-30(4-2)21-9-5-17(6-10-21)26(31)27-20-8-11-22-23(16-20)29-25(28-22)19-7-12-24-18(15-19)13-14-32-24;;/h5-12,15-16H,3-4,13-14H2,1-2H3,(H,27,31)(H,28,29);2*1H. The molecule has 0 bridgehead atoms. The first-order valence-corrected chi connectivity index (χ1v) is 11.1. The van der Waals surface area contributed by atoms with E-state index in [9.17, 15) is 4.79 Å². The third-order valence-corrected chi connectivity index (χ3v) is 5.96. The van der Waals surface area contributed by atoms with E-state index in [0.717, 1.165) is 65.7 Å². The number of benzene rings is 3. The normalized spacial score (nSPS) is 12.4. The summed E-state index contributed by atoms with van der Waals surface area (Å²) in [6.07, 6.45) is 0.926. The molecule has 3 aromatic carbocycles. The molecular weight excluding hydrogens is 400 g/mol. The number of aromatic amines is 1. The van der Waals surface area contributed by atoms with Crippen molar-refractivity contribution >= 4 is 28.3 Å². The Kier molecular flexibility index (Phi) is 5.27. The number of rotatable bonds is 6. The van der Waals surface area contributed by atoms with E-state index in [2.05, 4.69) is 35.1 Å². The molecule has 0 saturated carbocycles. The zero-order chi connectivity index (χ0) is 22.1. The maximum absolute atomic E-state index is 12.7. The summed E-state index contributed by atoms with van der Waals surface area (Å²) in [5.74, 6) is 1.64. The van der Waals surface area contributed by atoms with Gasteiger partial charge in [0.05, 0.1) is 17.6 Å². The van der Waals surface area contributed by atoms with E-state index in [4.69, 9.17) is 9.72 Å². The molecule has 1 amide bonds. The lowest BCUT2D eigenvalue weighted by molar-refractivity contribution is 0.102. The van der Waals surface area contributed by atoms with E-state index in [1.807, 2.05) is 54.6 Å². The third-order valence-electron chi connectivity index (χ3n) is 5.96. The van der Waals surface area contributed by atoms with Crippen molar-refractivity contribution in [1.82, 2.24) is 9.97 Å². The van der Waals surface area contributed by atoms with Crippen LogP contribution in [0.1, 0.15) is 32.6 Å². The smallest absolute Gasteiger partial charge is 0.255 e. The van der Waals surface area contributed by atoms with Gasteiger partial charge in [-0.25, -0.2) is 4.98 Å². The van der Waals surface area contributed by atoms with Crippen LogP contribution in [-0.4, -0.2) is 35.6 Å². The predicted octanol–water partition coefficient (Wildman–Crippen LogP) is 5.76. The Hall–Kier alpha value is -3.80. The zero-order valence-electron chi connectivity index (χ0n) is 18.3. The van der Waals surface area contributed by atoms with Gasteiger partial charge in [-0.15, -0.1) is 0 Å². The van der Waals surface area contributed by atoms with Gasteiger partial charge in [-0.1, -0.05) is 0 Å². The van der Waals surface area contributed by atoms with Crippen LogP contribution in [0.25, 0.3) is 22.4 Å². The second-order valence-corrected chi connectivity index (χ2v) is 7.91. The van der Waals surface area contributed by atoms with Gasteiger partial charge in [0.15, 0.2) is 0 Å². The molecule has 1 aromatic heterocycles. The predicted molar refractivity (Wildman–Crippen MR) is 133 cm³/mol. The van der Waals surface area contributed by atoms with Crippen LogP contribution in [0.3, 0.4) is 0 Å². The number of aromatic nitrogens is 2. The van der Waals surface area contributed by atoms with E-state index in [0.29, 0.717) is 5.56 Å². The van der Waals surface area contributed by atoms with Gasteiger partial charge in [0, 0.05) is 44.9 Å². The van der Waals surface area contributed by atoms with Crippen molar-refractivity contribution in [3.8, 4) is 17.1 Å². The second kappa shape index (κ2) is 8.38. The molecule has 6 nitrogen and oxygen atoms in total. The Bertz CT molecular complexity index is 1280. The third kappa shape index (κ3) is 3.80. The Labute approximate surface area is 190 Å². The topological polar surface area (TPSA) is 70.2 Å². The number of anilines is 2. The molecule has 0 aliphatic carbocycles. The molecule has 0 fully saturated rings. The number of fused-ring (bicyclic) bond motifs is 2. The number of ether oxygens (including phenoxy) is 1. The number of carbonyl (C=O) groups excluding carboxylic acids is 1. The quantitative estimate of drug-likeness (QED) is 0.408. The van der Waals surface area contributed by atoms with Crippen LogP contribution in [0.15, 0.2) is 60.7 Å². The summed E-state index contributed by atoms with van der Waals surface area (Å²) in [6, 6.07) is 19.6. The monoisotopic (exact) mass is 430 g/mol. The molecular formula is C26H30N4O2. The molecule has 1 aliphatic heterocycles. The van der Waals surface area contributed by atoms with Crippen molar-refractivity contribution in [2.45, 2.75) is 20.3 Å². The molecule has 0 unspecified atom stereocenters. The van der Waals surface area contributed by atoms with E-state index in [1.54, 1.807) is 0 Å². The summed E-state index contributed by atoms with van der Waals surface area (Å²) in [4.78, 5) is 23.1. The number of hydrogen-bond acceptors (Lipinski definition) is 4. The highest BCUT2D eigenvalue weighted by Gasteiger charge is 2.15. The summed E-state index contributed by atoms with van der Waals surface area (Å²) in [5.41, 5.74) is 6.47.